The van der Waals surface area contributed by atoms with Crippen molar-refractivity contribution in [1.82, 2.24) is 0 Å². The van der Waals surface area contributed by atoms with Crippen molar-refractivity contribution in [1.29, 1.82) is 0 Å². The zero-order chi connectivity index (χ0) is 17.8. The van der Waals surface area contributed by atoms with Crippen LogP contribution in [-0.2, 0) is 0 Å². The summed E-state index contributed by atoms with van der Waals surface area (Å²) in [6.07, 6.45) is 4.26. The van der Waals surface area contributed by atoms with Crippen LogP contribution in [-0.4, -0.2) is 33.5 Å². The van der Waals surface area contributed by atoms with Gasteiger partial charge in [0.05, 0.1) is 25.6 Å². The Bertz CT molecular complexity index is 784. The molecular formula is C20H23BrN2O2. The Balaban J connectivity index is 1.96. The van der Waals surface area contributed by atoms with Crippen molar-refractivity contribution in [3.8, 4) is 11.5 Å². The highest BCUT2D eigenvalue weighted by Crippen LogP contribution is 2.37. The highest BCUT2D eigenvalue weighted by molar-refractivity contribution is 9.10. The molecule has 1 aliphatic heterocycles. The lowest BCUT2D eigenvalue weighted by atomic mass is 10.1. The number of methoxy groups -OCH3 is 2. The third-order valence-corrected chi connectivity index (χ3v) is 5.06. The Hall–Kier alpha value is -2.01. The van der Waals surface area contributed by atoms with E-state index in [1.807, 2.05) is 24.4 Å². The summed E-state index contributed by atoms with van der Waals surface area (Å²) >= 11 is 3.56. The molecule has 0 unspecified atom stereocenters. The molecule has 0 N–H and O–H groups in total. The van der Waals surface area contributed by atoms with Gasteiger partial charge in [-0.3, -0.25) is 4.99 Å². The van der Waals surface area contributed by atoms with Crippen molar-refractivity contribution in [3.63, 3.8) is 0 Å². The van der Waals surface area contributed by atoms with E-state index in [0.717, 1.165) is 46.0 Å². The second-order valence-corrected chi connectivity index (χ2v) is 7.03. The largest absolute Gasteiger partial charge is 0.496 e. The number of ether oxygens (including phenoxy) is 2. The first-order chi connectivity index (χ1) is 12.1. The maximum absolute atomic E-state index is 5.62. The molecule has 1 heterocycles. The summed E-state index contributed by atoms with van der Waals surface area (Å²) in [5, 5.41) is 0. The maximum Gasteiger partial charge on any atom is 0.143 e. The summed E-state index contributed by atoms with van der Waals surface area (Å²) in [7, 11) is 3.40. The van der Waals surface area contributed by atoms with Crippen molar-refractivity contribution < 1.29 is 9.47 Å². The smallest absolute Gasteiger partial charge is 0.143 e. The zero-order valence-electron chi connectivity index (χ0n) is 14.9. The van der Waals surface area contributed by atoms with Gasteiger partial charge in [-0.05, 0) is 59.5 Å². The summed E-state index contributed by atoms with van der Waals surface area (Å²) in [5.41, 5.74) is 4.07. The number of hydrogen-bond donors (Lipinski definition) is 0. The first kappa shape index (κ1) is 17.8. The van der Waals surface area contributed by atoms with Gasteiger partial charge < -0.3 is 14.4 Å². The average molecular weight is 403 g/mol. The lowest BCUT2D eigenvalue weighted by Gasteiger charge is -2.22. The summed E-state index contributed by atoms with van der Waals surface area (Å²) in [6, 6.07) is 10.2. The predicted octanol–water partition coefficient (Wildman–Crippen LogP) is 5.13. The lowest BCUT2D eigenvalue weighted by Crippen LogP contribution is -2.18. The minimum atomic E-state index is 0.801. The first-order valence-corrected chi connectivity index (χ1v) is 9.23. The molecule has 0 saturated carbocycles. The molecular weight excluding hydrogens is 380 g/mol. The minimum absolute atomic E-state index is 0.801. The minimum Gasteiger partial charge on any atom is -0.496 e. The van der Waals surface area contributed by atoms with Gasteiger partial charge in [0.25, 0.3) is 0 Å². The van der Waals surface area contributed by atoms with Crippen LogP contribution in [0.4, 0.5) is 11.4 Å². The van der Waals surface area contributed by atoms with Crippen LogP contribution in [0.25, 0.3) is 0 Å². The highest BCUT2D eigenvalue weighted by atomic mass is 79.9. The molecule has 132 valence electrons. The Morgan fingerprint density at radius 1 is 1.04 bits per heavy atom. The van der Waals surface area contributed by atoms with Crippen LogP contribution in [0.2, 0.25) is 0 Å². The fraction of sp³-hybridized carbons (Fsp3) is 0.350. The fourth-order valence-corrected chi connectivity index (χ4v) is 3.66. The molecule has 2 aromatic carbocycles. The molecule has 1 saturated heterocycles. The molecule has 0 bridgehead atoms. The second kappa shape index (κ2) is 7.91. The van der Waals surface area contributed by atoms with E-state index in [1.165, 1.54) is 18.4 Å². The number of benzene rings is 2. The van der Waals surface area contributed by atoms with Crippen molar-refractivity contribution in [2.75, 3.05) is 32.2 Å². The van der Waals surface area contributed by atoms with Gasteiger partial charge in [-0.2, -0.15) is 0 Å². The van der Waals surface area contributed by atoms with E-state index in [0.29, 0.717) is 0 Å². The van der Waals surface area contributed by atoms with Gasteiger partial charge in [-0.15, -0.1) is 0 Å². The van der Waals surface area contributed by atoms with E-state index < -0.39 is 0 Å². The van der Waals surface area contributed by atoms with Crippen LogP contribution in [0.3, 0.4) is 0 Å². The number of halogens is 1. The molecule has 1 fully saturated rings. The zero-order valence-corrected chi connectivity index (χ0v) is 16.5. The van der Waals surface area contributed by atoms with Crippen molar-refractivity contribution in [3.05, 3.63) is 45.9 Å². The van der Waals surface area contributed by atoms with Gasteiger partial charge in [-0.25, -0.2) is 0 Å². The van der Waals surface area contributed by atoms with Gasteiger partial charge in [-0.1, -0.05) is 6.07 Å². The van der Waals surface area contributed by atoms with Crippen molar-refractivity contribution in [2.45, 2.75) is 19.8 Å². The van der Waals surface area contributed by atoms with Crippen LogP contribution in [0.15, 0.2) is 39.8 Å². The Morgan fingerprint density at radius 3 is 2.40 bits per heavy atom. The number of nitrogens with zero attached hydrogens (tertiary/aromatic N) is 2. The third-order valence-electron chi connectivity index (χ3n) is 4.42. The van der Waals surface area contributed by atoms with Crippen LogP contribution in [0, 0.1) is 6.92 Å². The number of aliphatic imine (C=N–C) groups is 1. The van der Waals surface area contributed by atoms with Crippen LogP contribution < -0.4 is 14.4 Å². The standard InChI is InChI=1S/C20H23BrN2O2/c1-14-6-7-17(16(21)10-14)22-13-15-11-20(25-3)18(12-19(15)24-2)23-8-4-5-9-23/h6-7,10-13H,4-5,8-9H2,1-3H3. The Morgan fingerprint density at radius 2 is 1.76 bits per heavy atom. The molecule has 2 aromatic rings. The number of rotatable bonds is 5. The van der Waals surface area contributed by atoms with Gasteiger partial charge >= 0.3 is 0 Å². The van der Waals surface area contributed by atoms with Gasteiger partial charge in [0, 0.05) is 35.4 Å². The molecule has 0 aromatic heterocycles. The van der Waals surface area contributed by atoms with E-state index in [4.69, 9.17) is 9.47 Å². The second-order valence-electron chi connectivity index (χ2n) is 6.17. The summed E-state index contributed by atoms with van der Waals surface area (Å²) in [4.78, 5) is 6.95. The highest BCUT2D eigenvalue weighted by Gasteiger charge is 2.19. The molecule has 0 spiro atoms. The normalized spacial score (nSPS) is 14.3. The van der Waals surface area contributed by atoms with Crippen LogP contribution in [0.5, 0.6) is 11.5 Å². The SMILES string of the molecule is COc1cc(N2CCCC2)c(OC)cc1C=Nc1ccc(C)cc1Br. The maximum atomic E-state index is 5.62. The lowest BCUT2D eigenvalue weighted by molar-refractivity contribution is 0.402. The molecule has 4 nitrogen and oxygen atoms in total. The monoisotopic (exact) mass is 402 g/mol. The Kier molecular flexibility index (Phi) is 5.63. The van der Waals surface area contributed by atoms with Gasteiger partial charge in [0.1, 0.15) is 11.5 Å². The van der Waals surface area contributed by atoms with Gasteiger partial charge in [0.2, 0.25) is 0 Å². The predicted molar refractivity (Wildman–Crippen MR) is 107 cm³/mol. The molecule has 25 heavy (non-hydrogen) atoms. The van der Waals surface area contributed by atoms with Crippen molar-refractivity contribution in [2.24, 2.45) is 4.99 Å². The first-order valence-electron chi connectivity index (χ1n) is 8.43. The number of aryl methyl sites for hydroxylation is 1. The molecule has 0 aliphatic carbocycles. The number of hydrogen-bond acceptors (Lipinski definition) is 4. The van der Waals surface area contributed by atoms with E-state index in [2.05, 4.69) is 44.9 Å². The van der Waals surface area contributed by atoms with Crippen LogP contribution in [0.1, 0.15) is 24.0 Å². The topological polar surface area (TPSA) is 34.1 Å². The summed E-state index contributed by atoms with van der Waals surface area (Å²) < 4.78 is 12.2. The fourth-order valence-electron chi connectivity index (χ4n) is 3.07. The molecule has 0 amide bonds. The van der Waals surface area contributed by atoms with E-state index in [9.17, 15) is 0 Å². The summed E-state index contributed by atoms with van der Waals surface area (Å²) in [5.74, 6) is 1.65. The average Bonchev–Trinajstić information content (AvgIpc) is 3.14. The van der Waals surface area contributed by atoms with E-state index >= 15 is 0 Å². The van der Waals surface area contributed by atoms with E-state index in [-0.39, 0.29) is 0 Å². The molecule has 0 radical (unpaired) electrons. The molecule has 3 rings (SSSR count). The van der Waals surface area contributed by atoms with E-state index in [1.54, 1.807) is 14.2 Å². The molecule has 1 aliphatic rings. The quantitative estimate of drug-likeness (QED) is 0.650. The number of anilines is 1. The van der Waals surface area contributed by atoms with Crippen molar-refractivity contribution >= 4 is 33.5 Å². The summed E-state index contributed by atoms with van der Waals surface area (Å²) in [6.45, 7) is 4.18. The Labute approximate surface area is 157 Å². The van der Waals surface area contributed by atoms with Crippen LogP contribution >= 0.6 is 15.9 Å². The molecule has 5 heteroatoms. The van der Waals surface area contributed by atoms with Gasteiger partial charge in [0.15, 0.2) is 0 Å². The molecule has 0 atom stereocenters. The third kappa shape index (κ3) is 3.98.